The Morgan fingerprint density at radius 2 is 2.07 bits per heavy atom. The normalized spacial score (nSPS) is 20.2. The van der Waals surface area contributed by atoms with Crippen molar-refractivity contribution in [2.45, 2.75) is 26.8 Å². The maximum atomic E-state index is 5.28. The highest BCUT2D eigenvalue weighted by Crippen LogP contribution is 2.03. The number of oxime groups is 1. The molecule has 0 aromatic carbocycles. The highest BCUT2D eigenvalue weighted by molar-refractivity contribution is 5.78. The predicted octanol–water partition coefficient (Wildman–Crippen LogP) is 1.12. The van der Waals surface area contributed by atoms with Gasteiger partial charge in [-0.15, -0.1) is 0 Å². The lowest BCUT2D eigenvalue weighted by Crippen LogP contribution is -2.43. The van der Waals surface area contributed by atoms with Gasteiger partial charge in [-0.05, 0) is 20.8 Å². The van der Waals surface area contributed by atoms with Crippen LogP contribution in [0.1, 0.15) is 20.8 Å². The van der Waals surface area contributed by atoms with Crippen LogP contribution in [0, 0.1) is 0 Å². The molecule has 0 bridgehead atoms. The SMILES string of the molecule is CC(C)=NOCC(C)N1CCOCC1. The smallest absolute Gasteiger partial charge is 0.132 e. The fraction of sp³-hybridized carbons (Fsp3) is 0.900. The van der Waals surface area contributed by atoms with Gasteiger partial charge >= 0.3 is 0 Å². The minimum Gasteiger partial charge on any atom is -0.394 e. The maximum Gasteiger partial charge on any atom is 0.132 e. The summed E-state index contributed by atoms with van der Waals surface area (Å²) >= 11 is 0. The summed E-state index contributed by atoms with van der Waals surface area (Å²) < 4.78 is 5.28. The van der Waals surface area contributed by atoms with Crippen LogP contribution in [0.25, 0.3) is 0 Å². The van der Waals surface area contributed by atoms with Gasteiger partial charge in [0.2, 0.25) is 0 Å². The summed E-state index contributed by atoms with van der Waals surface area (Å²) in [6.07, 6.45) is 0. The first-order chi connectivity index (χ1) is 6.70. The Hall–Kier alpha value is -0.610. The van der Waals surface area contributed by atoms with Crippen LogP contribution in [0.3, 0.4) is 0 Å². The average Bonchev–Trinajstić information content (AvgIpc) is 2.18. The largest absolute Gasteiger partial charge is 0.394 e. The van der Waals surface area contributed by atoms with E-state index in [0.29, 0.717) is 12.6 Å². The van der Waals surface area contributed by atoms with Gasteiger partial charge < -0.3 is 9.57 Å². The fourth-order valence-electron chi connectivity index (χ4n) is 1.40. The molecule has 1 saturated heterocycles. The second kappa shape index (κ2) is 5.98. The monoisotopic (exact) mass is 200 g/mol. The van der Waals surface area contributed by atoms with E-state index in [2.05, 4.69) is 17.0 Å². The molecular formula is C10H20N2O2. The Bertz CT molecular complexity index is 185. The van der Waals surface area contributed by atoms with E-state index >= 15 is 0 Å². The molecule has 1 unspecified atom stereocenters. The first kappa shape index (κ1) is 11.5. The molecule has 1 rings (SSSR count). The first-order valence-corrected chi connectivity index (χ1v) is 5.15. The lowest BCUT2D eigenvalue weighted by molar-refractivity contribution is -0.00474. The molecule has 0 spiro atoms. The molecule has 14 heavy (non-hydrogen) atoms. The molecule has 0 saturated carbocycles. The van der Waals surface area contributed by atoms with E-state index in [9.17, 15) is 0 Å². The lowest BCUT2D eigenvalue weighted by atomic mass is 10.3. The Morgan fingerprint density at radius 3 is 2.64 bits per heavy atom. The van der Waals surface area contributed by atoms with Gasteiger partial charge in [0.05, 0.1) is 18.9 Å². The zero-order valence-corrected chi connectivity index (χ0v) is 9.32. The third kappa shape index (κ3) is 4.07. The quantitative estimate of drug-likeness (QED) is 0.504. The van der Waals surface area contributed by atoms with Gasteiger partial charge in [0, 0.05) is 19.1 Å². The van der Waals surface area contributed by atoms with E-state index in [1.54, 1.807) is 0 Å². The van der Waals surface area contributed by atoms with Crippen molar-refractivity contribution in [3.8, 4) is 0 Å². The van der Waals surface area contributed by atoms with Crippen LogP contribution in [0.2, 0.25) is 0 Å². The van der Waals surface area contributed by atoms with Gasteiger partial charge in [-0.1, -0.05) is 5.16 Å². The van der Waals surface area contributed by atoms with Crippen molar-refractivity contribution >= 4 is 5.71 Å². The van der Waals surface area contributed by atoms with Crippen LogP contribution in [0.4, 0.5) is 0 Å². The van der Waals surface area contributed by atoms with Crippen LogP contribution >= 0.6 is 0 Å². The van der Waals surface area contributed by atoms with E-state index in [-0.39, 0.29) is 0 Å². The molecule has 82 valence electrons. The van der Waals surface area contributed by atoms with Gasteiger partial charge in [-0.25, -0.2) is 0 Å². The molecule has 0 amide bonds. The number of ether oxygens (including phenoxy) is 1. The topological polar surface area (TPSA) is 34.1 Å². The Labute approximate surface area is 85.9 Å². The van der Waals surface area contributed by atoms with Crippen LogP contribution in [0.5, 0.6) is 0 Å². The Balaban J connectivity index is 2.19. The molecule has 1 atom stereocenters. The van der Waals surface area contributed by atoms with Crippen molar-refractivity contribution in [1.29, 1.82) is 0 Å². The van der Waals surface area contributed by atoms with Crippen molar-refractivity contribution in [3.05, 3.63) is 0 Å². The third-order valence-corrected chi connectivity index (χ3v) is 2.23. The second-order valence-electron chi connectivity index (χ2n) is 3.83. The zero-order chi connectivity index (χ0) is 10.4. The minimum absolute atomic E-state index is 0.419. The summed E-state index contributed by atoms with van der Waals surface area (Å²) in [5.74, 6) is 0. The molecule has 0 aromatic rings. The molecule has 1 aliphatic heterocycles. The molecule has 0 aliphatic carbocycles. The number of rotatable bonds is 4. The minimum atomic E-state index is 0.419. The van der Waals surface area contributed by atoms with E-state index in [1.165, 1.54) is 0 Å². The number of nitrogens with zero attached hydrogens (tertiary/aromatic N) is 2. The molecule has 1 fully saturated rings. The Morgan fingerprint density at radius 1 is 1.43 bits per heavy atom. The van der Waals surface area contributed by atoms with Crippen molar-refractivity contribution in [1.82, 2.24) is 4.90 Å². The van der Waals surface area contributed by atoms with Crippen molar-refractivity contribution < 1.29 is 9.57 Å². The number of hydrogen-bond acceptors (Lipinski definition) is 4. The maximum absolute atomic E-state index is 5.28. The van der Waals surface area contributed by atoms with Gasteiger partial charge in [0.1, 0.15) is 6.61 Å². The highest BCUT2D eigenvalue weighted by atomic mass is 16.6. The van der Waals surface area contributed by atoms with E-state index in [4.69, 9.17) is 9.57 Å². The molecule has 0 radical (unpaired) electrons. The predicted molar refractivity (Wildman–Crippen MR) is 56.6 cm³/mol. The van der Waals surface area contributed by atoms with Crippen molar-refractivity contribution in [2.75, 3.05) is 32.9 Å². The summed E-state index contributed by atoms with van der Waals surface area (Å²) in [7, 11) is 0. The number of morpholine rings is 1. The first-order valence-electron chi connectivity index (χ1n) is 5.15. The van der Waals surface area contributed by atoms with Crippen LogP contribution < -0.4 is 0 Å². The molecular weight excluding hydrogens is 180 g/mol. The molecule has 0 aromatic heterocycles. The summed E-state index contributed by atoms with van der Waals surface area (Å²) in [4.78, 5) is 7.58. The second-order valence-corrected chi connectivity index (χ2v) is 3.83. The van der Waals surface area contributed by atoms with Crippen LogP contribution in [-0.2, 0) is 9.57 Å². The number of hydrogen-bond donors (Lipinski definition) is 0. The summed E-state index contributed by atoms with van der Waals surface area (Å²) in [6, 6.07) is 0.419. The zero-order valence-electron chi connectivity index (χ0n) is 9.32. The third-order valence-electron chi connectivity index (χ3n) is 2.23. The van der Waals surface area contributed by atoms with E-state index in [1.807, 2.05) is 13.8 Å². The molecule has 1 aliphatic rings. The molecule has 1 heterocycles. The van der Waals surface area contributed by atoms with Crippen molar-refractivity contribution in [3.63, 3.8) is 0 Å². The van der Waals surface area contributed by atoms with E-state index < -0.39 is 0 Å². The van der Waals surface area contributed by atoms with Gasteiger partial charge in [0.25, 0.3) is 0 Å². The van der Waals surface area contributed by atoms with Crippen LogP contribution in [0.15, 0.2) is 5.16 Å². The summed E-state index contributed by atoms with van der Waals surface area (Å²) in [5, 5.41) is 3.92. The van der Waals surface area contributed by atoms with Gasteiger partial charge in [-0.2, -0.15) is 0 Å². The van der Waals surface area contributed by atoms with E-state index in [0.717, 1.165) is 32.0 Å². The summed E-state index contributed by atoms with van der Waals surface area (Å²) in [6.45, 7) is 10.3. The molecule has 0 N–H and O–H groups in total. The van der Waals surface area contributed by atoms with Crippen LogP contribution in [-0.4, -0.2) is 49.6 Å². The molecule has 4 heteroatoms. The highest BCUT2D eigenvalue weighted by Gasteiger charge is 2.16. The summed E-state index contributed by atoms with van der Waals surface area (Å²) in [5.41, 5.74) is 0.958. The lowest BCUT2D eigenvalue weighted by Gasteiger charge is -2.31. The fourth-order valence-corrected chi connectivity index (χ4v) is 1.40. The standard InChI is InChI=1S/C10H20N2O2/c1-9(2)11-14-8-10(3)12-4-6-13-7-5-12/h10H,4-8H2,1-3H3. The van der Waals surface area contributed by atoms with Crippen molar-refractivity contribution in [2.24, 2.45) is 5.16 Å². The van der Waals surface area contributed by atoms with Gasteiger partial charge in [-0.3, -0.25) is 4.90 Å². The average molecular weight is 200 g/mol. The van der Waals surface area contributed by atoms with Gasteiger partial charge in [0.15, 0.2) is 0 Å². The molecule has 4 nitrogen and oxygen atoms in total. The Kier molecular flexibility index (Phi) is 4.90.